The van der Waals surface area contributed by atoms with Crippen molar-refractivity contribution < 1.29 is 9.90 Å². The summed E-state index contributed by atoms with van der Waals surface area (Å²) >= 11 is 0. The van der Waals surface area contributed by atoms with Crippen LogP contribution in [0.25, 0.3) is 0 Å². The second-order valence-corrected chi connectivity index (χ2v) is 6.26. The summed E-state index contributed by atoms with van der Waals surface area (Å²) in [5.74, 6) is 0.120. The molecule has 0 rings (SSSR count). The lowest BCUT2D eigenvalue weighted by molar-refractivity contribution is -0.139. The van der Waals surface area contributed by atoms with E-state index in [9.17, 15) is 4.79 Å². The predicted molar refractivity (Wildman–Crippen MR) is 86.1 cm³/mol. The van der Waals surface area contributed by atoms with Crippen molar-refractivity contribution in [1.29, 1.82) is 0 Å². The van der Waals surface area contributed by atoms with Gasteiger partial charge >= 0.3 is 5.97 Å². The number of hydrogen-bond donors (Lipinski definition) is 2. The zero-order valence-corrected chi connectivity index (χ0v) is 13.8. The van der Waals surface area contributed by atoms with Gasteiger partial charge in [0.15, 0.2) is 0 Å². The topological polar surface area (TPSA) is 49.3 Å². The number of nitrogens with one attached hydrogen (secondary N) is 1. The summed E-state index contributed by atoms with van der Waals surface area (Å²) in [4.78, 5) is 10.8. The average molecular weight is 285 g/mol. The Balaban J connectivity index is 3.19. The van der Waals surface area contributed by atoms with Crippen LogP contribution in [0.2, 0.25) is 0 Å². The third kappa shape index (κ3) is 12.5. The van der Waals surface area contributed by atoms with E-state index in [1.54, 1.807) is 0 Å². The van der Waals surface area contributed by atoms with Crippen LogP contribution in [0.15, 0.2) is 0 Å². The highest BCUT2D eigenvalue weighted by molar-refractivity contribution is 5.73. The van der Waals surface area contributed by atoms with Gasteiger partial charge in [-0.25, -0.2) is 0 Å². The molecular formula is C17H35NO2. The first-order valence-corrected chi connectivity index (χ1v) is 8.54. The van der Waals surface area contributed by atoms with E-state index in [1.165, 1.54) is 51.4 Å². The molecule has 20 heavy (non-hydrogen) atoms. The molecule has 0 amide bonds. The molecule has 1 unspecified atom stereocenters. The number of unbranched alkanes of at least 4 members (excludes halogenated alkanes) is 7. The van der Waals surface area contributed by atoms with Crippen LogP contribution in [0.1, 0.15) is 85.0 Å². The van der Waals surface area contributed by atoms with Crippen LogP contribution in [-0.4, -0.2) is 23.7 Å². The summed E-state index contributed by atoms with van der Waals surface area (Å²) in [6.07, 6.45) is 12.5. The molecule has 0 aromatic rings. The average Bonchev–Trinajstić information content (AvgIpc) is 2.39. The second-order valence-electron chi connectivity index (χ2n) is 6.26. The van der Waals surface area contributed by atoms with E-state index in [0.29, 0.717) is 6.42 Å². The van der Waals surface area contributed by atoms with Gasteiger partial charge in [-0.1, -0.05) is 72.1 Å². The van der Waals surface area contributed by atoms with Crippen molar-refractivity contribution in [3.05, 3.63) is 0 Å². The summed E-state index contributed by atoms with van der Waals surface area (Å²) in [6, 6.07) is -0.365. The molecule has 3 heteroatoms. The Labute approximate surface area is 125 Å². The summed E-state index contributed by atoms with van der Waals surface area (Å²) in [6.45, 7) is 7.33. The highest BCUT2D eigenvalue weighted by Crippen LogP contribution is 2.12. The minimum Gasteiger partial charge on any atom is -0.480 e. The zero-order chi connectivity index (χ0) is 15.2. The number of carbonyl (C=O) groups is 1. The molecule has 1 atom stereocenters. The molecule has 0 saturated carbocycles. The highest BCUT2D eigenvalue weighted by atomic mass is 16.4. The van der Waals surface area contributed by atoms with Gasteiger partial charge in [0.25, 0.3) is 0 Å². The van der Waals surface area contributed by atoms with Gasteiger partial charge in [0, 0.05) is 0 Å². The van der Waals surface area contributed by atoms with Crippen LogP contribution in [-0.2, 0) is 4.79 Å². The molecule has 0 aliphatic carbocycles. The fourth-order valence-electron chi connectivity index (χ4n) is 2.42. The number of carboxylic acid groups (broad SMARTS) is 1. The van der Waals surface area contributed by atoms with Gasteiger partial charge in [0.1, 0.15) is 6.04 Å². The lowest BCUT2D eigenvalue weighted by Crippen LogP contribution is -2.36. The third-order valence-electron chi connectivity index (χ3n) is 3.81. The molecular weight excluding hydrogens is 250 g/mol. The molecule has 0 aliphatic heterocycles. The Kier molecular flexibility index (Phi) is 13.0. The number of aliphatic carboxylic acids is 1. The standard InChI is InChI=1S/C17H35NO2/c1-4-16(17(19)20)18-14-12-10-8-6-5-7-9-11-13-15(2)3/h15-16,18H,4-14H2,1-3H3,(H,19,20). The molecule has 0 bridgehead atoms. The van der Waals surface area contributed by atoms with Crippen LogP contribution in [0, 0.1) is 5.92 Å². The Hall–Kier alpha value is -0.570. The van der Waals surface area contributed by atoms with Crippen molar-refractivity contribution in [3.63, 3.8) is 0 Å². The highest BCUT2D eigenvalue weighted by Gasteiger charge is 2.12. The molecule has 2 N–H and O–H groups in total. The van der Waals surface area contributed by atoms with Crippen LogP contribution in [0.5, 0.6) is 0 Å². The van der Waals surface area contributed by atoms with Gasteiger partial charge in [0.2, 0.25) is 0 Å². The van der Waals surface area contributed by atoms with E-state index in [0.717, 1.165) is 18.9 Å². The Morgan fingerprint density at radius 1 is 0.950 bits per heavy atom. The first kappa shape index (κ1) is 19.4. The molecule has 0 spiro atoms. The lowest BCUT2D eigenvalue weighted by atomic mass is 10.0. The van der Waals surface area contributed by atoms with Crippen LogP contribution < -0.4 is 5.32 Å². The number of hydrogen-bond acceptors (Lipinski definition) is 2. The maximum atomic E-state index is 10.8. The molecule has 0 aliphatic rings. The minimum atomic E-state index is -0.728. The number of rotatable bonds is 14. The predicted octanol–water partition coefficient (Wildman–Crippen LogP) is 4.61. The smallest absolute Gasteiger partial charge is 0.320 e. The van der Waals surface area contributed by atoms with Crippen molar-refractivity contribution >= 4 is 5.97 Å². The Bertz CT molecular complexity index is 229. The molecule has 0 radical (unpaired) electrons. The fraction of sp³-hybridized carbons (Fsp3) is 0.941. The zero-order valence-electron chi connectivity index (χ0n) is 13.8. The molecule has 0 aromatic heterocycles. The van der Waals surface area contributed by atoms with E-state index in [-0.39, 0.29) is 6.04 Å². The second kappa shape index (κ2) is 13.4. The Morgan fingerprint density at radius 3 is 1.90 bits per heavy atom. The summed E-state index contributed by atoms with van der Waals surface area (Å²) in [5, 5.41) is 12.0. The Morgan fingerprint density at radius 2 is 1.45 bits per heavy atom. The van der Waals surface area contributed by atoms with E-state index in [1.807, 2.05) is 6.92 Å². The van der Waals surface area contributed by atoms with Crippen LogP contribution >= 0.6 is 0 Å². The normalized spacial score (nSPS) is 12.8. The minimum absolute atomic E-state index is 0.365. The van der Waals surface area contributed by atoms with Crippen molar-refractivity contribution in [2.45, 2.75) is 91.0 Å². The van der Waals surface area contributed by atoms with Gasteiger partial charge in [-0.15, -0.1) is 0 Å². The molecule has 0 saturated heterocycles. The van der Waals surface area contributed by atoms with E-state index < -0.39 is 5.97 Å². The van der Waals surface area contributed by atoms with E-state index >= 15 is 0 Å². The molecule has 0 heterocycles. The molecule has 0 aromatic carbocycles. The summed E-state index contributed by atoms with van der Waals surface area (Å²) < 4.78 is 0. The van der Waals surface area contributed by atoms with Crippen molar-refractivity contribution in [2.75, 3.05) is 6.54 Å². The number of carboxylic acids is 1. The molecule has 120 valence electrons. The first-order chi connectivity index (χ1) is 9.57. The van der Waals surface area contributed by atoms with Gasteiger partial charge in [-0.05, 0) is 25.3 Å². The van der Waals surface area contributed by atoms with Crippen molar-refractivity contribution in [3.8, 4) is 0 Å². The molecule has 0 fully saturated rings. The SMILES string of the molecule is CCC(NCCCCCCCCCCC(C)C)C(=O)O. The van der Waals surface area contributed by atoms with Crippen LogP contribution in [0.3, 0.4) is 0 Å². The monoisotopic (exact) mass is 285 g/mol. The quantitative estimate of drug-likeness (QED) is 0.458. The van der Waals surface area contributed by atoms with E-state index in [4.69, 9.17) is 5.11 Å². The largest absolute Gasteiger partial charge is 0.480 e. The van der Waals surface area contributed by atoms with Gasteiger partial charge < -0.3 is 10.4 Å². The van der Waals surface area contributed by atoms with Crippen LogP contribution in [0.4, 0.5) is 0 Å². The van der Waals surface area contributed by atoms with Gasteiger partial charge in [-0.2, -0.15) is 0 Å². The summed E-state index contributed by atoms with van der Waals surface area (Å²) in [7, 11) is 0. The van der Waals surface area contributed by atoms with Crippen molar-refractivity contribution in [2.24, 2.45) is 5.92 Å². The van der Waals surface area contributed by atoms with Gasteiger partial charge in [0.05, 0.1) is 0 Å². The molecule has 3 nitrogen and oxygen atoms in total. The fourth-order valence-corrected chi connectivity index (χ4v) is 2.42. The first-order valence-electron chi connectivity index (χ1n) is 8.54. The van der Waals surface area contributed by atoms with Crippen molar-refractivity contribution in [1.82, 2.24) is 5.32 Å². The third-order valence-corrected chi connectivity index (χ3v) is 3.81. The maximum Gasteiger partial charge on any atom is 0.320 e. The van der Waals surface area contributed by atoms with Gasteiger partial charge in [-0.3, -0.25) is 4.79 Å². The lowest BCUT2D eigenvalue weighted by Gasteiger charge is -2.11. The maximum absolute atomic E-state index is 10.8. The van der Waals surface area contributed by atoms with E-state index in [2.05, 4.69) is 19.2 Å². The summed E-state index contributed by atoms with van der Waals surface area (Å²) in [5.41, 5.74) is 0.